The third-order valence-electron chi connectivity index (χ3n) is 1.02. The molecule has 0 saturated heterocycles. The van der Waals surface area contributed by atoms with Crippen LogP contribution in [0.25, 0.3) is 0 Å². The monoisotopic (exact) mass is 220 g/mol. The van der Waals surface area contributed by atoms with Crippen molar-refractivity contribution >= 4 is 18.3 Å². The van der Waals surface area contributed by atoms with Crippen LogP contribution >= 0.6 is 12.4 Å². The first-order valence-corrected chi connectivity index (χ1v) is 3.43. The lowest BCUT2D eigenvalue weighted by Crippen LogP contribution is -2.39. The molecule has 0 heterocycles. The Balaban J connectivity index is 0. The minimum atomic E-state index is -4.28. The van der Waals surface area contributed by atoms with Gasteiger partial charge in [-0.3, -0.25) is 4.79 Å². The fourth-order valence-electron chi connectivity index (χ4n) is 0.581. The van der Waals surface area contributed by atoms with Crippen LogP contribution in [0, 0.1) is 0 Å². The lowest BCUT2D eigenvalue weighted by Gasteiger charge is -2.09. The Morgan fingerprint density at radius 2 is 2.00 bits per heavy atom. The number of nitrogens with one attached hydrogen (secondary N) is 1. The minimum Gasteiger partial charge on any atom is -0.341 e. The van der Waals surface area contributed by atoms with E-state index in [1.807, 2.05) is 0 Å². The lowest BCUT2D eigenvalue weighted by molar-refractivity contribution is -0.144. The molecule has 0 bridgehead atoms. The molecule has 7 heteroatoms. The van der Waals surface area contributed by atoms with Gasteiger partial charge in [0.05, 0.1) is 12.6 Å². The molecule has 0 fully saturated rings. The van der Waals surface area contributed by atoms with E-state index in [0.29, 0.717) is 0 Å². The molecular formula is C6H12ClF3N2O. The van der Waals surface area contributed by atoms with Crippen LogP contribution in [0.4, 0.5) is 13.2 Å². The SMILES string of the molecule is CC(N)NC(=O)CCC(F)(F)F.Cl. The van der Waals surface area contributed by atoms with Crippen LogP contribution in [0.1, 0.15) is 19.8 Å². The summed E-state index contributed by atoms with van der Waals surface area (Å²) in [5.41, 5.74) is 5.12. The topological polar surface area (TPSA) is 55.1 Å². The highest BCUT2D eigenvalue weighted by atomic mass is 35.5. The highest BCUT2D eigenvalue weighted by molar-refractivity contribution is 5.85. The van der Waals surface area contributed by atoms with E-state index in [2.05, 4.69) is 5.32 Å². The first-order chi connectivity index (χ1) is 5.31. The average molecular weight is 221 g/mol. The van der Waals surface area contributed by atoms with Crippen molar-refractivity contribution in [3.63, 3.8) is 0 Å². The number of amides is 1. The molecule has 0 aromatic carbocycles. The van der Waals surface area contributed by atoms with Crippen molar-refractivity contribution in [2.45, 2.75) is 32.1 Å². The quantitative estimate of drug-likeness (QED) is 0.702. The van der Waals surface area contributed by atoms with Gasteiger partial charge >= 0.3 is 6.18 Å². The summed E-state index contributed by atoms with van der Waals surface area (Å²) in [6.07, 6.45) is -6.56. The molecular weight excluding hydrogens is 209 g/mol. The second-order valence-corrected chi connectivity index (χ2v) is 2.47. The number of carbonyl (C=O) groups excluding carboxylic acids is 1. The Kier molecular flexibility index (Phi) is 6.97. The Bertz CT molecular complexity index is 160. The molecule has 80 valence electrons. The molecule has 0 aliphatic carbocycles. The van der Waals surface area contributed by atoms with Crippen molar-refractivity contribution in [2.24, 2.45) is 5.73 Å². The summed E-state index contributed by atoms with van der Waals surface area (Å²) >= 11 is 0. The largest absolute Gasteiger partial charge is 0.389 e. The molecule has 0 rings (SSSR count). The number of nitrogens with two attached hydrogens (primary N) is 1. The van der Waals surface area contributed by atoms with Gasteiger partial charge in [0.1, 0.15) is 0 Å². The maximum absolute atomic E-state index is 11.5. The Hall–Kier alpha value is -0.490. The van der Waals surface area contributed by atoms with E-state index in [9.17, 15) is 18.0 Å². The van der Waals surface area contributed by atoms with Crippen LogP contribution < -0.4 is 11.1 Å². The third-order valence-corrected chi connectivity index (χ3v) is 1.02. The van der Waals surface area contributed by atoms with Gasteiger partial charge in [0, 0.05) is 6.42 Å². The van der Waals surface area contributed by atoms with Crippen LogP contribution in [0.3, 0.4) is 0 Å². The molecule has 0 aliphatic rings. The number of halogens is 4. The van der Waals surface area contributed by atoms with Gasteiger partial charge in [-0.25, -0.2) is 0 Å². The first-order valence-electron chi connectivity index (χ1n) is 3.43. The second kappa shape index (κ2) is 6.04. The standard InChI is InChI=1S/C6H11F3N2O.ClH/c1-4(10)11-5(12)2-3-6(7,8)9;/h4H,2-3,10H2,1H3,(H,11,12);1H. The van der Waals surface area contributed by atoms with E-state index in [4.69, 9.17) is 5.73 Å². The van der Waals surface area contributed by atoms with Gasteiger partial charge < -0.3 is 11.1 Å². The summed E-state index contributed by atoms with van der Waals surface area (Å²) in [5, 5.41) is 2.15. The second-order valence-electron chi connectivity index (χ2n) is 2.47. The number of carbonyl (C=O) groups is 1. The van der Waals surface area contributed by atoms with E-state index >= 15 is 0 Å². The molecule has 13 heavy (non-hydrogen) atoms. The number of hydrogen-bond donors (Lipinski definition) is 2. The number of hydrogen-bond acceptors (Lipinski definition) is 2. The van der Waals surface area contributed by atoms with Gasteiger partial charge in [-0.15, -0.1) is 12.4 Å². The number of alkyl halides is 3. The van der Waals surface area contributed by atoms with E-state index < -0.39 is 31.1 Å². The molecule has 3 nitrogen and oxygen atoms in total. The summed E-state index contributed by atoms with van der Waals surface area (Å²) in [7, 11) is 0. The maximum Gasteiger partial charge on any atom is 0.389 e. The zero-order valence-electron chi connectivity index (χ0n) is 7.02. The summed E-state index contributed by atoms with van der Waals surface area (Å²) in [6.45, 7) is 1.48. The van der Waals surface area contributed by atoms with Gasteiger partial charge in [0.2, 0.25) is 5.91 Å². The van der Waals surface area contributed by atoms with Crippen LogP contribution in [0.2, 0.25) is 0 Å². The van der Waals surface area contributed by atoms with Crippen molar-refractivity contribution in [2.75, 3.05) is 0 Å². The van der Waals surface area contributed by atoms with Gasteiger partial charge in [-0.1, -0.05) is 0 Å². The molecule has 0 aliphatic heterocycles. The average Bonchev–Trinajstić information content (AvgIpc) is 1.80. The molecule has 0 aromatic heterocycles. The van der Waals surface area contributed by atoms with Crippen LogP contribution in [0.15, 0.2) is 0 Å². The summed E-state index contributed by atoms with van der Waals surface area (Å²) in [4.78, 5) is 10.6. The molecule has 0 saturated carbocycles. The highest BCUT2D eigenvalue weighted by Gasteiger charge is 2.27. The molecule has 1 atom stereocenters. The van der Waals surface area contributed by atoms with Crippen LogP contribution in [0.5, 0.6) is 0 Å². The highest BCUT2D eigenvalue weighted by Crippen LogP contribution is 2.20. The Morgan fingerprint density at radius 1 is 1.54 bits per heavy atom. The van der Waals surface area contributed by atoms with Crippen molar-refractivity contribution in [3.8, 4) is 0 Å². The summed E-state index contributed by atoms with van der Waals surface area (Å²) in [5.74, 6) is -0.678. The lowest BCUT2D eigenvalue weighted by atomic mass is 10.3. The Morgan fingerprint density at radius 3 is 2.31 bits per heavy atom. The predicted molar refractivity (Wildman–Crippen MR) is 44.3 cm³/mol. The van der Waals surface area contributed by atoms with E-state index in [1.54, 1.807) is 0 Å². The van der Waals surface area contributed by atoms with Gasteiger partial charge in [-0.05, 0) is 6.92 Å². The first kappa shape index (κ1) is 15.0. The summed E-state index contributed by atoms with van der Waals surface area (Å²) in [6, 6.07) is 0. The molecule has 1 unspecified atom stereocenters. The van der Waals surface area contributed by atoms with Crippen molar-refractivity contribution < 1.29 is 18.0 Å². The van der Waals surface area contributed by atoms with Crippen molar-refractivity contribution in [1.82, 2.24) is 5.32 Å². The molecule has 0 spiro atoms. The zero-order valence-corrected chi connectivity index (χ0v) is 7.84. The molecule has 1 amide bonds. The number of rotatable bonds is 3. The smallest absolute Gasteiger partial charge is 0.341 e. The third kappa shape index (κ3) is 11.5. The fourth-order valence-corrected chi connectivity index (χ4v) is 0.581. The fraction of sp³-hybridized carbons (Fsp3) is 0.833. The summed E-state index contributed by atoms with van der Waals surface area (Å²) < 4.78 is 34.6. The normalized spacial score (nSPS) is 13.0. The Labute approximate surface area is 80.3 Å². The maximum atomic E-state index is 11.5. The van der Waals surface area contributed by atoms with Crippen molar-refractivity contribution in [3.05, 3.63) is 0 Å². The molecule has 0 radical (unpaired) electrons. The van der Waals surface area contributed by atoms with Crippen LogP contribution in [-0.2, 0) is 4.79 Å². The van der Waals surface area contributed by atoms with E-state index in [0.717, 1.165) is 0 Å². The molecule has 3 N–H and O–H groups in total. The zero-order chi connectivity index (χ0) is 9.78. The predicted octanol–water partition coefficient (Wildman–Crippen LogP) is 1.17. The van der Waals surface area contributed by atoms with E-state index in [1.165, 1.54) is 6.92 Å². The van der Waals surface area contributed by atoms with Crippen LogP contribution in [-0.4, -0.2) is 18.2 Å². The van der Waals surface area contributed by atoms with E-state index in [-0.39, 0.29) is 12.4 Å². The minimum absolute atomic E-state index is 0. The van der Waals surface area contributed by atoms with Crippen molar-refractivity contribution in [1.29, 1.82) is 0 Å². The molecule has 0 aromatic rings. The van der Waals surface area contributed by atoms with Gasteiger partial charge in [-0.2, -0.15) is 13.2 Å². The van der Waals surface area contributed by atoms with Gasteiger partial charge in [0.15, 0.2) is 0 Å². The van der Waals surface area contributed by atoms with Gasteiger partial charge in [0.25, 0.3) is 0 Å².